The highest BCUT2D eigenvalue weighted by Crippen LogP contribution is 2.11. The molecule has 0 aliphatic heterocycles. The molecular weight excluding hydrogens is 158 g/mol. The molecule has 0 saturated carbocycles. The van der Waals surface area contributed by atoms with Gasteiger partial charge in [0.1, 0.15) is 0 Å². The van der Waals surface area contributed by atoms with Gasteiger partial charge in [0.15, 0.2) is 0 Å². The summed E-state index contributed by atoms with van der Waals surface area (Å²) in [6.45, 7) is 10.4. The van der Waals surface area contributed by atoms with Crippen molar-refractivity contribution in [3.05, 3.63) is 23.8 Å². The smallest absolute Gasteiger partial charge is 0.0859 e. The predicted molar refractivity (Wildman–Crippen MR) is 51.4 cm³/mol. The van der Waals surface area contributed by atoms with Gasteiger partial charge in [-0.2, -0.15) is 0 Å². The van der Waals surface area contributed by atoms with E-state index in [0.29, 0.717) is 18.9 Å². The maximum Gasteiger partial charge on any atom is 0.0859 e. The average molecular weight is 173 g/mol. The summed E-state index contributed by atoms with van der Waals surface area (Å²) in [4.78, 5) is 1.04. The van der Waals surface area contributed by atoms with Crippen LogP contribution in [0.5, 0.6) is 0 Å². The number of ether oxygens (including phenoxy) is 1. The Kier molecular flexibility index (Phi) is 6.07. The van der Waals surface area contributed by atoms with E-state index in [0.717, 1.165) is 10.7 Å². The highest BCUT2D eigenvalue weighted by atomic mass is 32.2. The molecule has 0 aromatic heterocycles. The van der Waals surface area contributed by atoms with E-state index in [9.17, 15) is 0 Å². The van der Waals surface area contributed by atoms with Crippen molar-refractivity contribution < 1.29 is 4.74 Å². The third kappa shape index (κ3) is 7.49. The Morgan fingerprint density at radius 2 is 2.09 bits per heavy atom. The highest BCUT2D eigenvalue weighted by molar-refractivity contribution is 8.03. The van der Waals surface area contributed by atoms with Crippen molar-refractivity contribution in [2.45, 2.75) is 6.92 Å². The minimum absolute atomic E-state index is 0.420. The Labute approximate surface area is 72.5 Å². The van der Waals surface area contributed by atoms with Crippen LogP contribution in [0, 0.1) is 0 Å². The summed E-state index contributed by atoms with van der Waals surface area (Å²) in [7, 11) is 0. The molecule has 0 aromatic rings. The third-order valence-electron chi connectivity index (χ3n) is 0.899. The molecular formula is C8H15NOS. The Balaban J connectivity index is 3.24. The number of hydrogen-bond acceptors (Lipinski definition) is 3. The number of hydrogen-bond donors (Lipinski definition) is 1. The van der Waals surface area contributed by atoms with Crippen LogP contribution in [0.25, 0.3) is 0 Å². The van der Waals surface area contributed by atoms with Gasteiger partial charge in [-0.15, -0.1) is 11.8 Å². The normalized spacial score (nSPS) is 9.55. The van der Waals surface area contributed by atoms with E-state index in [-0.39, 0.29) is 0 Å². The molecule has 0 aromatic carbocycles. The molecule has 0 aliphatic rings. The SMILES string of the molecule is C=C(N)COCC(=C)SCC. The lowest BCUT2D eigenvalue weighted by Gasteiger charge is -2.04. The molecule has 0 saturated heterocycles. The lowest BCUT2D eigenvalue weighted by Crippen LogP contribution is -2.06. The molecule has 0 fully saturated rings. The zero-order valence-corrected chi connectivity index (χ0v) is 7.75. The lowest BCUT2D eigenvalue weighted by molar-refractivity contribution is 0.184. The first-order valence-corrected chi connectivity index (χ1v) is 4.47. The van der Waals surface area contributed by atoms with Crippen LogP contribution in [0.15, 0.2) is 23.8 Å². The van der Waals surface area contributed by atoms with Crippen LogP contribution in [0.2, 0.25) is 0 Å². The van der Waals surface area contributed by atoms with Gasteiger partial charge in [0, 0.05) is 10.6 Å². The maximum atomic E-state index is 5.30. The van der Waals surface area contributed by atoms with E-state index in [1.54, 1.807) is 11.8 Å². The average Bonchev–Trinajstić information content (AvgIpc) is 1.87. The molecule has 0 unspecified atom stereocenters. The van der Waals surface area contributed by atoms with Crippen LogP contribution >= 0.6 is 11.8 Å². The Hall–Kier alpha value is -0.410. The number of rotatable bonds is 6. The molecule has 0 bridgehead atoms. The summed E-state index contributed by atoms with van der Waals surface area (Å²) in [5.74, 6) is 1.03. The molecule has 0 amide bonds. The second-order valence-corrected chi connectivity index (χ2v) is 3.57. The molecule has 0 spiro atoms. The highest BCUT2D eigenvalue weighted by Gasteiger charge is 1.93. The molecule has 11 heavy (non-hydrogen) atoms. The molecule has 0 aliphatic carbocycles. The monoisotopic (exact) mass is 173 g/mol. The fraction of sp³-hybridized carbons (Fsp3) is 0.500. The van der Waals surface area contributed by atoms with Gasteiger partial charge in [-0.3, -0.25) is 0 Å². The van der Waals surface area contributed by atoms with Crippen molar-refractivity contribution in [3.8, 4) is 0 Å². The minimum Gasteiger partial charge on any atom is -0.401 e. The van der Waals surface area contributed by atoms with Gasteiger partial charge in [0.2, 0.25) is 0 Å². The lowest BCUT2D eigenvalue weighted by atomic mass is 10.5. The summed E-state index contributed by atoms with van der Waals surface area (Å²) in [5, 5.41) is 0. The van der Waals surface area contributed by atoms with Crippen LogP contribution in [0.4, 0.5) is 0 Å². The van der Waals surface area contributed by atoms with Crippen molar-refractivity contribution in [2.24, 2.45) is 5.73 Å². The molecule has 3 heteroatoms. The molecule has 0 heterocycles. The van der Waals surface area contributed by atoms with Gasteiger partial charge < -0.3 is 10.5 Å². The van der Waals surface area contributed by atoms with Gasteiger partial charge in [0.25, 0.3) is 0 Å². The van der Waals surface area contributed by atoms with E-state index < -0.39 is 0 Å². The molecule has 0 rings (SSSR count). The topological polar surface area (TPSA) is 35.2 Å². The zero-order valence-electron chi connectivity index (χ0n) is 6.93. The van der Waals surface area contributed by atoms with Gasteiger partial charge in [0.05, 0.1) is 13.2 Å². The molecule has 2 N–H and O–H groups in total. The number of nitrogens with two attached hydrogens (primary N) is 1. The van der Waals surface area contributed by atoms with Crippen molar-refractivity contribution in [1.82, 2.24) is 0 Å². The Morgan fingerprint density at radius 1 is 1.45 bits per heavy atom. The first-order chi connectivity index (χ1) is 5.16. The largest absolute Gasteiger partial charge is 0.401 e. The number of thioether (sulfide) groups is 1. The third-order valence-corrected chi connectivity index (χ3v) is 1.71. The first-order valence-electron chi connectivity index (χ1n) is 3.48. The van der Waals surface area contributed by atoms with Crippen molar-refractivity contribution >= 4 is 11.8 Å². The molecule has 64 valence electrons. The molecule has 0 atom stereocenters. The summed E-state index contributed by atoms with van der Waals surface area (Å²) in [6.07, 6.45) is 0. The summed E-state index contributed by atoms with van der Waals surface area (Å²) in [6, 6.07) is 0. The van der Waals surface area contributed by atoms with E-state index in [2.05, 4.69) is 20.1 Å². The van der Waals surface area contributed by atoms with Crippen molar-refractivity contribution in [3.63, 3.8) is 0 Å². The fourth-order valence-electron chi connectivity index (χ4n) is 0.542. The van der Waals surface area contributed by atoms with Crippen LogP contribution < -0.4 is 5.73 Å². The van der Waals surface area contributed by atoms with Crippen LogP contribution in [-0.2, 0) is 4.74 Å². The van der Waals surface area contributed by atoms with Gasteiger partial charge in [-0.25, -0.2) is 0 Å². The van der Waals surface area contributed by atoms with E-state index in [4.69, 9.17) is 10.5 Å². The molecule has 0 radical (unpaired) electrons. The Morgan fingerprint density at radius 3 is 2.55 bits per heavy atom. The Bertz CT molecular complexity index is 145. The van der Waals surface area contributed by atoms with Crippen molar-refractivity contribution in [2.75, 3.05) is 19.0 Å². The second kappa shape index (κ2) is 6.31. The quantitative estimate of drug-likeness (QED) is 0.664. The molecule has 2 nitrogen and oxygen atoms in total. The van der Waals surface area contributed by atoms with E-state index >= 15 is 0 Å². The first kappa shape index (κ1) is 10.6. The van der Waals surface area contributed by atoms with Gasteiger partial charge >= 0.3 is 0 Å². The summed E-state index contributed by atoms with van der Waals surface area (Å²) < 4.78 is 5.16. The van der Waals surface area contributed by atoms with Crippen LogP contribution in [-0.4, -0.2) is 19.0 Å². The summed E-state index contributed by atoms with van der Waals surface area (Å²) in [5.41, 5.74) is 5.85. The second-order valence-electron chi connectivity index (χ2n) is 2.12. The van der Waals surface area contributed by atoms with E-state index in [1.165, 1.54) is 0 Å². The zero-order chi connectivity index (χ0) is 8.69. The van der Waals surface area contributed by atoms with Crippen LogP contribution in [0.1, 0.15) is 6.92 Å². The minimum atomic E-state index is 0.420. The summed E-state index contributed by atoms with van der Waals surface area (Å²) >= 11 is 1.69. The predicted octanol–water partition coefficient (Wildman–Crippen LogP) is 1.74. The van der Waals surface area contributed by atoms with Crippen molar-refractivity contribution in [1.29, 1.82) is 0 Å². The fourth-order valence-corrected chi connectivity index (χ4v) is 1.12. The standard InChI is InChI=1S/C8H15NOS/c1-4-11-8(3)6-10-5-7(2)9/h2-6,9H2,1H3. The van der Waals surface area contributed by atoms with Gasteiger partial charge in [-0.05, 0) is 5.75 Å². The maximum absolute atomic E-state index is 5.30. The van der Waals surface area contributed by atoms with Gasteiger partial charge in [-0.1, -0.05) is 20.1 Å². The van der Waals surface area contributed by atoms with E-state index in [1.807, 2.05) is 0 Å². The van der Waals surface area contributed by atoms with Crippen LogP contribution in [0.3, 0.4) is 0 Å².